The van der Waals surface area contributed by atoms with Crippen molar-refractivity contribution < 1.29 is 27.5 Å². The average molecular weight is 852 g/mol. The van der Waals surface area contributed by atoms with Gasteiger partial charge in [0.15, 0.2) is 5.58 Å². The van der Waals surface area contributed by atoms with Crippen molar-refractivity contribution >= 4 is 61.8 Å². The maximum atomic E-state index is 13.0. The second kappa shape index (κ2) is 14.8. The number of aliphatic hydroxyl groups excluding tert-OH is 1. The number of ether oxygens (including phenoxy) is 1. The summed E-state index contributed by atoms with van der Waals surface area (Å²) >= 11 is 21.3. The maximum Gasteiger partial charge on any atom is 0.240 e. The number of carbonyl (C=O) groups is 1. The van der Waals surface area contributed by atoms with Crippen LogP contribution in [0.5, 0.6) is 5.88 Å². The number of carbonyl (C=O) groups excluding carboxylic acids is 1. The van der Waals surface area contributed by atoms with Crippen LogP contribution in [0.2, 0.25) is 15.1 Å². The van der Waals surface area contributed by atoms with Crippen LogP contribution < -0.4 is 9.46 Å². The first-order chi connectivity index (χ1) is 27.3. The lowest BCUT2D eigenvalue weighted by atomic mass is 9.99. The van der Waals surface area contributed by atoms with E-state index in [0.717, 1.165) is 36.9 Å². The minimum absolute atomic E-state index is 0.0127. The molecule has 2 aromatic heterocycles. The number of aliphatic hydroxyl groups is 1. The van der Waals surface area contributed by atoms with Crippen molar-refractivity contribution in [2.75, 3.05) is 33.3 Å². The smallest absolute Gasteiger partial charge is 0.240 e. The van der Waals surface area contributed by atoms with E-state index in [4.69, 9.17) is 53.9 Å². The molecule has 1 amide bonds. The number of hydrogen-bond acceptors (Lipinski definition) is 11. The number of oxazole rings is 1. The predicted octanol–water partition coefficient (Wildman–Crippen LogP) is 7.46. The number of rotatable bonds is 10. The minimum atomic E-state index is -3.69. The first kappa shape index (κ1) is 38.7. The monoisotopic (exact) mass is 850 g/mol. The normalized spacial score (nSPS) is 22.0. The van der Waals surface area contributed by atoms with E-state index in [1.807, 2.05) is 42.5 Å². The lowest BCUT2D eigenvalue weighted by molar-refractivity contribution is -0.122. The topological polar surface area (TPSA) is 151 Å². The van der Waals surface area contributed by atoms with E-state index in [9.17, 15) is 18.3 Å². The highest BCUT2D eigenvalue weighted by Gasteiger charge is 2.51. The van der Waals surface area contributed by atoms with Crippen molar-refractivity contribution in [2.24, 2.45) is 5.92 Å². The van der Waals surface area contributed by atoms with Crippen molar-refractivity contribution in [2.45, 2.75) is 68.9 Å². The highest BCUT2D eigenvalue weighted by atomic mass is 35.5. The molecule has 298 valence electrons. The van der Waals surface area contributed by atoms with Gasteiger partial charge in [0.1, 0.15) is 11.2 Å². The molecule has 12 nitrogen and oxygen atoms in total. The average Bonchev–Trinajstić information content (AvgIpc) is 3.66. The Morgan fingerprint density at radius 1 is 0.982 bits per heavy atom. The Labute approximate surface area is 345 Å². The fourth-order valence-corrected chi connectivity index (χ4v) is 10.7. The molecule has 16 heteroatoms. The zero-order chi connectivity index (χ0) is 39.8. The summed E-state index contributed by atoms with van der Waals surface area (Å²) in [6.45, 7) is 4.68. The summed E-state index contributed by atoms with van der Waals surface area (Å²) < 4.78 is 38.9. The van der Waals surface area contributed by atoms with Crippen molar-refractivity contribution in [3.63, 3.8) is 0 Å². The summed E-state index contributed by atoms with van der Waals surface area (Å²) in [5.41, 5.74) is 6.90. The van der Waals surface area contributed by atoms with Gasteiger partial charge in [-0.25, -0.2) is 18.4 Å². The van der Waals surface area contributed by atoms with Gasteiger partial charge in [-0.3, -0.25) is 24.3 Å². The molecule has 3 fully saturated rings. The first-order valence-electron chi connectivity index (χ1n) is 19.1. The molecule has 2 aliphatic carbocycles. The van der Waals surface area contributed by atoms with E-state index in [-0.39, 0.29) is 12.1 Å². The van der Waals surface area contributed by atoms with Crippen LogP contribution in [-0.4, -0.2) is 88.3 Å². The number of likely N-dealkylation sites (tertiary alicyclic amines) is 2. The Morgan fingerprint density at radius 2 is 1.70 bits per heavy atom. The number of hydrogen-bond donors (Lipinski definition) is 2. The minimum Gasteiger partial charge on any atom is -0.480 e. The van der Waals surface area contributed by atoms with Gasteiger partial charge < -0.3 is 14.3 Å². The molecule has 3 atom stereocenters. The molecule has 4 heterocycles. The van der Waals surface area contributed by atoms with Gasteiger partial charge in [0.2, 0.25) is 27.7 Å². The van der Waals surface area contributed by atoms with Gasteiger partial charge in [-0.15, -0.1) is 0 Å². The third kappa shape index (κ3) is 6.98. The van der Waals surface area contributed by atoms with Crippen LogP contribution in [0.1, 0.15) is 61.9 Å². The van der Waals surface area contributed by atoms with Crippen LogP contribution in [0.3, 0.4) is 0 Å². The number of β-amino-alcohol motifs (C(OH)–C–C–N with tert-alkyl or cyclic N) is 1. The summed E-state index contributed by atoms with van der Waals surface area (Å²) in [7, 11) is -2.13. The molecule has 0 radical (unpaired) electrons. The number of amides is 1. The van der Waals surface area contributed by atoms with Crippen LogP contribution in [-0.2, 0) is 27.8 Å². The Hall–Kier alpha value is -3.82. The standard InChI is InChI=1S/C41H41Cl3N6O6S/c1-41(13-14-41)57(53,54)48-38(52)22-11-16-50(19-22)33-10-9-26-29(33)17-30-37(36(26)44)56-39(46-30)28-8-4-6-25(35(28)43)24-5-3-7-27(34(24)42)31-18-45-32(40(47-31)55-2)21-49-15-12-23(51)20-49/h3-8,17-18,22-23,33,51H,9-16,19-21H2,1-2H3,(H,48,52)/t22-,23-,33-/m1/s1. The number of aromatic nitrogens is 3. The summed E-state index contributed by atoms with van der Waals surface area (Å²) in [5, 5.41) is 11.3. The highest BCUT2D eigenvalue weighted by Crippen LogP contribution is 2.47. The van der Waals surface area contributed by atoms with Gasteiger partial charge in [0.25, 0.3) is 0 Å². The molecule has 0 unspecified atom stereocenters. The number of methoxy groups -OCH3 is 1. The molecule has 3 aromatic carbocycles. The number of benzene rings is 3. The molecule has 5 aromatic rings. The molecule has 2 aliphatic heterocycles. The number of fused-ring (bicyclic) bond motifs is 2. The van der Waals surface area contributed by atoms with Crippen molar-refractivity contribution in [1.29, 1.82) is 0 Å². The Morgan fingerprint density at radius 3 is 2.40 bits per heavy atom. The van der Waals surface area contributed by atoms with Crippen LogP contribution in [0.25, 0.3) is 44.9 Å². The van der Waals surface area contributed by atoms with E-state index in [2.05, 4.69) is 19.5 Å². The molecular formula is C41H41Cl3N6O6S. The molecule has 0 spiro atoms. The van der Waals surface area contributed by atoms with Gasteiger partial charge in [-0.2, -0.15) is 0 Å². The first-order valence-corrected chi connectivity index (χ1v) is 21.8. The third-order valence-corrected chi connectivity index (χ3v) is 15.5. The van der Waals surface area contributed by atoms with Crippen LogP contribution in [0, 0.1) is 5.92 Å². The Balaban J connectivity index is 0.970. The SMILES string of the molecule is COc1nc(-c2cccc(-c3cccc(-c4nc5cc6c(c(Cl)c5o4)CC[C@H]6N4CC[C@@H](C(=O)NS(=O)(=O)C5(C)CC5)C4)c3Cl)c2Cl)cnc1CN1CC[C@@H](O)C1. The molecule has 1 saturated carbocycles. The zero-order valence-corrected chi connectivity index (χ0v) is 34.5. The molecule has 9 rings (SSSR count). The number of nitrogens with zero attached hydrogens (tertiary/aromatic N) is 5. The summed E-state index contributed by atoms with van der Waals surface area (Å²) in [4.78, 5) is 31.7. The molecule has 57 heavy (non-hydrogen) atoms. The van der Waals surface area contributed by atoms with Crippen molar-refractivity contribution in [3.05, 3.63) is 80.6 Å². The second-order valence-electron chi connectivity index (χ2n) is 15.8. The van der Waals surface area contributed by atoms with Gasteiger partial charge in [-0.05, 0) is 75.3 Å². The van der Waals surface area contributed by atoms with E-state index < -0.39 is 26.6 Å². The zero-order valence-electron chi connectivity index (χ0n) is 31.4. The van der Waals surface area contributed by atoms with E-state index in [1.54, 1.807) is 20.2 Å². The molecule has 0 bridgehead atoms. The second-order valence-corrected chi connectivity index (χ2v) is 19.1. The Bertz CT molecular complexity index is 2550. The van der Waals surface area contributed by atoms with E-state index >= 15 is 0 Å². The van der Waals surface area contributed by atoms with E-state index in [0.29, 0.717) is 117 Å². The largest absolute Gasteiger partial charge is 0.480 e. The van der Waals surface area contributed by atoms with Gasteiger partial charge in [0.05, 0.1) is 56.4 Å². The number of halogens is 3. The molecule has 2 N–H and O–H groups in total. The summed E-state index contributed by atoms with van der Waals surface area (Å²) in [6.07, 6.45) is 5.34. The third-order valence-electron chi connectivity index (χ3n) is 12.1. The van der Waals surface area contributed by atoms with Crippen molar-refractivity contribution in [3.8, 4) is 39.7 Å². The van der Waals surface area contributed by atoms with Gasteiger partial charge in [0, 0.05) is 48.9 Å². The molecular weight excluding hydrogens is 811 g/mol. The van der Waals surface area contributed by atoms with Crippen molar-refractivity contribution in [1.82, 2.24) is 29.5 Å². The Kier molecular flexibility index (Phi) is 10.0. The lowest BCUT2D eigenvalue weighted by Gasteiger charge is -2.25. The van der Waals surface area contributed by atoms with Crippen LogP contribution in [0.4, 0.5) is 0 Å². The van der Waals surface area contributed by atoms with Crippen LogP contribution >= 0.6 is 34.8 Å². The van der Waals surface area contributed by atoms with Crippen LogP contribution in [0.15, 0.2) is 53.1 Å². The maximum absolute atomic E-state index is 13.0. The number of sulfonamides is 1. The van der Waals surface area contributed by atoms with Gasteiger partial charge >= 0.3 is 0 Å². The van der Waals surface area contributed by atoms with Gasteiger partial charge in [-0.1, -0.05) is 65.1 Å². The highest BCUT2D eigenvalue weighted by molar-refractivity contribution is 7.91. The predicted molar refractivity (Wildman–Crippen MR) is 219 cm³/mol. The quantitative estimate of drug-likeness (QED) is 0.144. The number of nitrogens with one attached hydrogen (secondary N) is 1. The van der Waals surface area contributed by atoms with E-state index in [1.165, 1.54) is 0 Å². The molecule has 4 aliphatic rings. The summed E-state index contributed by atoms with van der Waals surface area (Å²) in [5.74, 6) is -0.133. The fourth-order valence-electron chi connectivity index (χ4n) is 8.45. The summed E-state index contributed by atoms with van der Waals surface area (Å²) in [6, 6.07) is 13.3. The lowest BCUT2D eigenvalue weighted by Crippen LogP contribution is -2.42. The molecule has 2 saturated heterocycles. The fraction of sp³-hybridized carbons (Fsp3) is 0.415.